The molecule has 0 unspecified atom stereocenters. The highest BCUT2D eigenvalue weighted by Gasteiger charge is 2.30. The number of hydrogen-bond donors (Lipinski definition) is 1. The van der Waals surface area contributed by atoms with Crippen molar-refractivity contribution in [3.8, 4) is 0 Å². The van der Waals surface area contributed by atoms with Gasteiger partial charge in [-0.3, -0.25) is 14.5 Å². The molecular formula is C24H31N3O4. The minimum absolute atomic E-state index is 0.0181. The van der Waals surface area contributed by atoms with Crippen molar-refractivity contribution in [2.45, 2.75) is 40.7 Å². The number of benzene rings is 1. The van der Waals surface area contributed by atoms with E-state index in [-0.39, 0.29) is 17.6 Å². The van der Waals surface area contributed by atoms with Gasteiger partial charge in [-0.15, -0.1) is 0 Å². The number of aromatic nitrogens is 1. The molecular weight excluding hydrogens is 394 g/mol. The van der Waals surface area contributed by atoms with Crippen LogP contribution in [-0.4, -0.2) is 66.2 Å². The minimum atomic E-state index is -0.398. The maximum atomic E-state index is 13.2. The van der Waals surface area contributed by atoms with Crippen LogP contribution in [0.5, 0.6) is 0 Å². The number of aryl methyl sites for hydroxylation is 1. The van der Waals surface area contributed by atoms with E-state index in [2.05, 4.69) is 14.8 Å². The van der Waals surface area contributed by atoms with Gasteiger partial charge in [-0.25, -0.2) is 4.79 Å². The Labute approximate surface area is 183 Å². The zero-order chi connectivity index (χ0) is 22.7. The summed E-state index contributed by atoms with van der Waals surface area (Å²) in [7, 11) is 0. The predicted octanol–water partition coefficient (Wildman–Crippen LogP) is 3.40. The zero-order valence-corrected chi connectivity index (χ0v) is 18.9. The number of aromatic amines is 1. The van der Waals surface area contributed by atoms with Crippen LogP contribution in [0.25, 0.3) is 0 Å². The summed E-state index contributed by atoms with van der Waals surface area (Å²) < 4.78 is 5.13. The van der Waals surface area contributed by atoms with E-state index in [4.69, 9.17) is 4.74 Å². The van der Waals surface area contributed by atoms with Crippen LogP contribution < -0.4 is 4.90 Å². The average Bonchev–Trinajstić information content (AvgIpc) is 3.07. The second-order valence-corrected chi connectivity index (χ2v) is 8.01. The van der Waals surface area contributed by atoms with Gasteiger partial charge in [0, 0.05) is 43.1 Å². The van der Waals surface area contributed by atoms with Gasteiger partial charge < -0.3 is 14.6 Å². The van der Waals surface area contributed by atoms with Crippen molar-refractivity contribution in [2.24, 2.45) is 0 Å². The minimum Gasteiger partial charge on any atom is -0.462 e. The highest BCUT2D eigenvalue weighted by Crippen LogP contribution is 2.23. The molecule has 2 heterocycles. The van der Waals surface area contributed by atoms with Gasteiger partial charge in [0.2, 0.25) is 0 Å². The van der Waals surface area contributed by atoms with Gasteiger partial charge in [0.15, 0.2) is 11.6 Å². The summed E-state index contributed by atoms with van der Waals surface area (Å²) in [6, 6.07) is 7.36. The number of ether oxygens (including phenoxy) is 1. The van der Waals surface area contributed by atoms with Crippen LogP contribution in [0.4, 0.5) is 5.69 Å². The molecule has 0 saturated carbocycles. The largest absolute Gasteiger partial charge is 0.462 e. The van der Waals surface area contributed by atoms with E-state index in [0.717, 1.165) is 31.9 Å². The first-order valence-corrected chi connectivity index (χ1v) is 10.7. The number of carbonyl (C=O) groups is 3. The molecule has 0 aliphatic carbocycles. The van der Waals surface area contributed by atoms with Crippen molar-refractivity contribution in [1.82, 2.24) is 9.88 Å². The maximum absolute atomic E-state index is 13.2. The number of carbonyl (C=O) groups excluding carboxylic acids is 3. The smallest absolute Gasteiger partial charge is 0.340 e. The molecule has 31 heavy (non-hydrogen) atoms. The highest BCUT2D eigenvalue weighted by molar-refractivity contribution is 6.03. The second kappa shape index (κ2) is 9.47. The Balaban J connectivity index is 1.66. The fraction of sp³-hybridized carbons (Fsp3) is 0.458. The van der Waals surface area contributed by atoms with E-state index in [1.807, 2.05) is 31.2 Å². The third-order valence-corrected chi connectivity index (χ3v) is 6.04. The number of rotatable bonds is 7. The Hall–Kier alpha value is -2.93. The van der Waals surface area contributed by atoms with Crippen LogP contribution in [0.3, 0.4) is 0 Å². The van der Waals surface area contributed by atoms with Crippen molar-refractivity contribution in [3.63, 3.8) is 0 Å². The van der Waals surface area contributed by atoms with Gasteiger partial charge in [-0.05, 0) is 64.4 Å². The molecule has 7 heteroatoms. The van der Waals surface area contributed by atoms with Crippen LogP contribution in [0.1, 0.15) is 63.2 Å². The molecule has 3 rings (SSSR count). The van der Waals surface area contributed by atoms with E-state index >= 15 is 0 Å². The topological polar surface area (TPSA) is 82.7 Å². The summed E-state index contributed by atoms with van der Waals surface area (Å²) in [6.07, 6.45) is 0. The first kappa shape index (κ1) is 22.7. The van der Waals surface area contributed by atoms with Gasteiger partial charge in [-0.2, -0.15) is 0 Å². The van der Waals surface area contributed by atoms with Gasteiger partial charge >= 0.3 is 5.97 Å². The lowest BCUT2D eigenvalue weighted by molar-refractivity contribution is 0.0525. The lowest BCUT2D eigenvalue weighted by Crippen LogP contribution is -2.51. The summed E-state index contributed by atoms with van der Waals surface area (Å²) in [5.41, 5.74) is 4.04. The molecule has 1 N–H and O–H groups in total. The molecule has 1 fully saturated rings. The molecule has 7 nitrogen and oxygen atoms in total. The molecule has 1 aromatic carbocycles. The second-order valence-electron chi connectivity index (χ2n) is 8.01. The van der Waals surface area contributed by atoms with E-state index < -0.39 is 5.97 Å². The zero-order valence-electron chi connectivity index (χ0n) is 18.9. The van der Waals surface area contributed by atoms with Crippen molar-refractivity contribution < 1.29 is 19.1 Å². The normalized spacial score (nSPS) is 15.6. The third-order valence-electron chi connectivity index (χ3n) is 6.04. The molecule has 1 saturated heterocycles. The lowest BCUT2D eigenvalue weighted by Gasteiger charge is -2.38. The van der Waals surface area contributed by atoms with E-state index in [1.54, 1.807) is 27.7 Å². The van der Waals surface area contributed by atoms with Crippen LogP contribution in [-0.2, 0) is 4.74 Å². The first-order valence-electron chi connectivity index (χ1n) is 10.7. The van der Waals surface area contributed by atoms with E-state index in [1.165, 1.54) is 0 Å². The Morgan fingerprint density at radius 2 is 1.68 bits per heavy atom. The van der Waals surface area contributed by atoms with Crippen molar-refractivity contribution in [3.05, 3.63) is 52.3 Å². The summed E-state index contributed by atoms with van der Waals surface area (Å²) >= 11 is 0. The number of anilines is 1. The molecule has 1 aliphatic rings. The highest BCUT2D eigenvalue weighted by atomic mass is 16.5. The SMILES string of the molecule is CCOC(=O)c1c(C)[nH]c(C(=O)[C@H](C)N2CCN(c3ccc(C(C)=O)cc3)CC2)c1C. The Morgan fingerprint density at radius 3 is 2.23 bits per heavy atom. The van der Waals surface area contributed by atoms with Crippen LogP contribution in [0.15, 0.2) is 24.3 Å². The number of nitrogens with one attached hydrogen (secondary N) is 1. The predicted molar refractivity (Wildman–Crippen MR) is 120 cm³/mol. The van der Waals surface area contributed by atoms with Gasteiger partial charge in [0.25, 0.3) is 0 Å². The molecule has 2 aromatic rings. The standard InChI is InChI=1S/C24H31N3O4/c1-6-31-24(30)21-15(2)22(25-16(21)3)23(29)17(4)26-11-13-27(14-12-26)20-9-7-19(8-10-20)18(5)28/h7-10,17,25H,6,11-14H2,1-5H3/t17-/m0/s1. The molecule has 1 aliphatic heterocycles. The average molecular weight is 426 g/mol. The fourth-order valence-electron chi connectivity index (χ4n) is 4.15. The molecule has 0 spiro atoms. The van der Waals surface area contributed by atoms with E-state index in [0.29, 0.717) is 34.7 Å². The maximum Gasteiger partial charge on any atom is 0.340 e. The van der Waals surface area contributed by atoms with Crippen LogP contribution in [0, 0.1) is 13.8 Å². The van der Waals surface area contributed by atoms with Gasteiger partial charge in [0.05, 0.1) is 23.9 Å². The summed E-state index contributed by atoms with van der Waals surface area (Å²) in [5, 5.41) is 0. The first-order chi connectivity index (χ1) is 14.7. The monoisotopic (exact) mass is 425 g/mol. The Morgan fingerprint density at radius 1 is 1.06 bits per heavy atom. The Bertz CT molecular complexity index is 969. The number of esters is 1. The number of ketones is 2. The molecule has 166 valence electrons. The van der Waals surface area contributed by atoms with E-state index in [9.17, 15) is 14.4 Å². The molecule has 0 amide bonds. The van der Waals surface area contributed by atoms with Crippen molar-refractivity contribution >= 4 is 23.2 Å². The number of piperazine rings is 1. The number of hydrogen-bond acceptors (Lipinski definition) is 6. The number of Topliss-reactive ketones (excluding diaryl/α,β-unsaturated/α-hetero) is 2. The fourth-order valence-corrected chi connectivity index (χ4v) is 4.15. The van der Waals surface area contributed by atoms with Crippen LogP contribution in [0.2, 0.25) is 0 Å². The van der Waals surface area contributed by atoms with Gasteiger partial charge in [0.1, 0.15) is 0 Å². The third kappa shape index (κ3) is 4.71. The summed E-state index contributed by atoms with van der Waals surface area (Å²) in [4.78, 5) is 44.4. The van der Waals surface area contributed by atoms with Crippen molar-refractivity contribution in [1.29, 1.82) is 0 Å². The summed E-state index contributed by atoms with van der Waals surface area (Å²) in [5.74, 6) is -0.357. The summed E-state index contributed by atoms with van der Waals surface area (Å²) in [6.45, 7) is 12.2. The molecule has 0 bridgehead atoms. The quantitative estimate of drug-likeness (QED) is 0.541. The van der Waals surface area contributed by atoms with Gasteiger partial charge in [-0.1, -0.05) is 0 Å². The number of H-pyrrole nitrogens is 1. The van der Waals surface area contributed by atoms with Crippen LogP contribution >= 0.6 is 0 Å². The molecule has 0 radical (unpaired) electrons. The molecule has 1 atom stereocenters. The number of nitrogens with zero attached hydrogens (tertiary/aromatic N) is 2. The molecule has 1 aromatic heterocycles. The Kier molecular flexibility index (Phi) is 6.95. The van der Waals surface area contributed by atoms with Crippen molar-refractivity contribution in [2.75, 3.05) is 37.7 Å². The lowest BCUT2D eigenvalue weighted by atomic mass is 10.0.